The first-order valence-corrected chi connectivity index (χ1v) is 3.29. The van der Waals surface area contributed by atoms with E-state index in [1.54, 1.807) is 24.5 Å². The number of nitrogens with zero attached hydrogens (tertiary/aromatic N) is 3. The summed E-state index contributed by atoms with van der Waals surface area (Å²) in [4.78, 5) is 6.88. The van der Waals surface area contributed by atoms with E-state index in [2.05, 4.69) is 15.1 Å². The molecule has 0 saturated carbocycles. The van der Waals surface area contributed by atoms with E-state index in [0.29, 0.717) is 5.69 Å². The summed E-state index contributed by atoms with van der Waals surface area (Å²) in [6.45, 7) is 6.63. The van der Waals surface area contributed by atoms with Gasteiger partial charge < -0.3 is 5.32 Å². The van der Waals surface area contributed by atoms with Gasteiger partial charge in [0.25, 0.3) is 0 Å². The lowest BCUT2D eigenvalue weighted by Crippen LogP contribution is -2.11. The Morgan fingerprint density at radius 2 is 2.58 bits per heavy atom. The van der Waals surface area contributed by atoms with Crippen molar-refractivity contribution in [2.75, 3.05) is 5.32 Å². The van der Waals surface area contributed by atoms with Crippen LogP contribution < -0.4 is 5.32 Å². The van der Waals surface area contributed by atoms with Crippen molar-refractivity contribution in [2.45, 2.75) is 6.17 Å². The zero-order chi connectivity index (χ0) is 8.81. The maximum atomic E-state index is 8.44. The van der Waals surface area contributed by atoms with Crippen molar-refractivity contribution < 1.29 is 0 Å². The molecule has 0 aromatic carbocycles. The fraction of sp³-hybridized carbons (Fsp3) is 0.125. The zero-order valence-electron chi connectivity index (χ0n) is 6.23. The van der Waals surface area contributed by atoms with Gasteiger partial charge in [-0.1, -0.05) is 0 Å². The van der Waals surface area contributed by atoms with Crippen molar-refractivity contribution in [3.8, 4) is 6.07 Å². The molecule has 1 unspecified atom stereocenters. The summed E-state index contributed by atoms with van der Waals surface area (Å²) in [6, 6.07) is 5.30. The van der Waals surface area contributed by atoms with E-state index in [4.69, 9.17) is 11.8 Å². The molecule has 4 nitrogen and oxygen atoms in total. The van der Waals surface area contributed by atoms with E-state index in [0.717, 1.165) is 0 Å². The van der Waals surface area contributed by atoms with Crippen molar-refractivity contribution in [3.05, 3.63) is 35.9 Å². The lowest BCUT2D eigenvalue weighted by atomic mass is 10.4. The Balaban J connectivity index is 2.66. The first kappa shape index (κ1) is 8.03. The molecule has 0 aliphatic carbocycles. The van der Waals surface area contributed by atoms with E-state index in [9.17, 15) is 0 Å². The molecule has 0 aliphatic rings. The molecular formula is C8H6N4. The number of aromatic nitrogens is 1. The third kappa shape index (κ3) is 1.96. The summed E-state index contributed by atoms with van der Waals surface area (Å²) in [5.74, 6) is 0. The Bertz CT molecular complexity index is 305. The topological polar surface area (TPSA) is 53.1 Å². The smallest absolute Gasteiger partial charge is 0.303 e. The highest BCUT2D eigenvalue weighted by atomic mass is 15.0. The second kappa shape index (κ2) is 3.95. The summed E-state index contributed by atoms with van der Waals surface area (Å²) in [5.41, 5.74) is 0.681. The van der Waals surface area contributed by atoms with Crippen LogP contribution in [0.4, 0.5) is 5.69 Å². The van der Waals surface area contributed by atoms with Crippen LogP contribution in [0.25, 0.3) is 4.85 Å². The largest absolute Gasteiger partial charge is 0.383 e. The molecule has 0 aliphatic heterocycles. The van der Waals surface area contributed by atoms with Crippen molar-refractivity contribution in [2.24, 2.45) is 0 Å². The number of rotatable bonds is 2. The molecular weight excluding hydrogens is 152 g/mol. The van der Waals surface area contributed by atoms with Crippen LogP contribution in [0, 0.1) is 17.9 Å². The number of nitrogens with one attached hydrogen (secondary N) is 1. The minimum atomic E-state index is -0.825. The van der Waals surface area contributed by atoms with Gasteiger partial charge in [-0.2, -0.15) is 5.26 Å². The van der Waals surface area contributed by atoms with Gasteiger partial charge in [0, 0.05) is 6.20 Å². The van der Waals surface area contributed by atoms with E-state index >= 15 is 0 Å². The lowest BCUT2D eigenvalue weighted by molar-refractivity contribution is 1.10. The SMILES string of the molecule is [C-]#[N+]C(C#N)Nc1cccnc1. The highest BCUT2D eigenvalue weighted by molar-refractivity contribution is 5.42. The van der Waals surface area contributed by atoms with Crippen LogP contribution in [0.3, 0.4) is 0 Å². The van der Waals surface area contributed by atoms with E-state index < -0.39 is 6.17 Å². The Kier molecular flexibility index (Phi) is 2.64. The number of hydrogen-bond donors (Lipinski definition) is 1. The van der Waals surface area contributed by atoms with Gasteiger partial charge in [0.15, 0.2) is 6.07 Å². The molecule has 1 rings (SSSR count). The van der Waals surface area contributed by atoms with Gasteiger partial charge in [-0.25, -0.2) is 6.57 Å². The van der Waals surface area contributed by atoms with Gasteiger partial charge in [0.05, 0.1) is 11.9 Å². The van der Waals surface area contributed by atoms with Gasteiger partial charge >= 0.3 is 6.17 Å². The predicted molar refractivity (Wildman–Crippen MR) is 43.9 cm³/mol. The van der Waals surface area contributed by atoms with E-state index in [1.165, 1.54) is 0 Å². The highest BCUT2D eigenvalue weighted by Gasteiger charge is 2.07. The third-order valence-corrected chi connectivity index (χ3v) is 1.22. The maximum Gasteiger partial charge on any atom is 0.383 e. The van der Waals surface area contributed by atoms with Crippen LogP contribution in [0.5, 0.6) is 0 Å². The number of pyridine rings is 1. The summed E-state index contributed by atoms with van der Waals surface area (Å²) >= 11 is 0. The van der Waals surface area contributed by atoms with Gasteiger partial charge in [-0.15, -0.1) is 0 Å². The highest BCUT2D eigenvalue weighted by Crippen LogP contribution is 2.04. The summed E-state index contributed by atoms with van der Waals surface area (Å²) in [7, 11) is 0. The summed E-state index contributed by atoms with van der Waals surface area (Å²) < 4.78 is 0. The predicted octanol–water partition coefficient (Wildman–Crippen LogP) is 1.26. The van der Waals surface area contributed by atoms with Gasteiger partial charge in [-0.3, -0.25) is 9.83 Å². The van der Waals surface area contributed by atoms with Crippen LogP contribution in [-0.4, -0.2) is 11.1 Å². The lowest BCUT2D eigenvalue weighted by Gasteiger charge is -2.00. The molecule has 0 fully saturated rings. The van der Waals surface area contributed by atoms with Gasteiger partial charge in [0.1, 0.15) is 0 Å². The van der Waals surface area contributed by atoms with Crippen LogP contribution in [0.1, 0.15) is 0 Å². The Morgan fingerprint density at radius 3 is 3.08 bits per heavy atom. The average molecular weight is 158 g/mol. The molecule has 0 spiro atoms. The average Bonchev–Trinajstić information content (AvgIpc) is 2.16. The zero-order valence-corrected chi connectivity index (χ0v) is 6.23. The molecule has 0 saturated heterocycles. The first-order valence-electron chi connectivity index (χ1n) is 3.29. The van der Waals surface area contributed by atoms with Crippen molar-refractivity contribution >= 4 is 5.69 Å². The Hall–Kier alpha value is -2.07. The number of anilines is 1. The Labute approximate surface area is 70.3 Å². The molecule has 1 atom stereocenters. The van der Waals surface area contributed by atoms with Crippen LogP contribution in [-0.2, 0) is 0 Å². The second-order valence-corrected chi connectivity index (χ2v) is 2.05. The quantitative estimate of drug-likeness (QED) is 0.659. The molecule has 0 bridgehead atoms. The molecule has 1 heterocycles. The van der Waals surface area contributed by atoms with Crippen LogP contribution in [0.15, 0.2) is 24.5 Å². The van der Waals surface area contributed by atoms with Crippen molar-refractivity contribution in [1.29, 1.82) is 5.26 Å². The Morgan fingerprint density at radius 1 is 1.75 bits per heavy atom. The second-order valence-electron chi connectivity index (χ2n) is 2.05. The monoisotopic (exact) mass is 158 g/mol. The number of nitriles is 1. The van der Waals surface area contributed by atoms with Gasteiger partial charge in [-0.05, 0) is 12.1 Å². The minimum absolute atomic E-state index is 0.681. The fourth-order valence-corrected chi connectivity index (χ4v) is 0.699. The minimum Gasteiger partial charge on any atom is -0.303 e. The summed E-state index contributed by atoms with van der Waals surface area (Å²) in [6.07, 6.45) is 2.37. The van der Waals surface area contributed by atoms with E-state index in [1.807, 2.05) is 6.07 Å². The third-order valence-electron chi connectivity index (χ3n) is 1.22. The van der Waals surface area contributed by atoms with E-state index in [-0.39, 0.29) is 0 Å². The molecule has 0 amide bonds. The molecule has 0 radical (unpaired) electrons. The first-order chi connectivity index (χ1) is 5.86. The van der Waals surface area contributed by atoms with Crippen molar-refractivity contribution in [3.63, 3.8) is 0 Å². The summed E-state index contributed by atoms with van der Waals surface area (Å²) in [5, 5.41) is 11.1. The fourth-order valence-electron chi connectivity index (χ4n) is 0.699. The van der Waals surface area contributed by atoms with Crippen LogP contribution >= 0.6 is 0 Å². The number of hydrogen-bond acceptors (Lipinski definition) is 3. The molecule has 1 aromatic rings. The molecule has 58 valence electrons. The standard InChI is InChI=1S/C8H6N4/c1-10-8(5-9)12-7-3-2-4-11-6-7/h2-4,6,8,12H. The van der Waals surface area contributed by atoms with Crippen LogP contribution in [0.2, 0.25) is 0 Å². The van der Waals surface area contributed by atoms with Crippen molar-refractivity contribution in [1.82, 2.24) is 4.98 Å². The molecule has 12 heavy (non-hydrogen) atoms. The molecule has 1 N–H and O–H groups in total. The molecule has 1 aromatic heterocycles. The molecule has 4 heteroatoms. The van der Waals surface area contributed by atoms with Gasteiger partial charge in [0.2, 0.25) is 0 Å². The maximum absolute atomic E-state index is 8.44. The normalized spacial score (nSPS) is 10.8.